The quantitative estimate of drug-likeness (QED) is 0.0416. The van der Waals surface area contributed by atoms with Crippen molar-refractivity contribution in [1.29, 1.82) is 0 Å². The summed E-state index contributed by atoms with van der Waals surface area (Å²) in [6.45, 7) is 17.4. The minimum absolute atomic E-state index is 0. The summed E-state index contributed by atoms with van der Waals surface area (Å²) >= 11 is 0. The molecule has 1 N–H and O–H groups in total. The van der Waals surface area contributed by atoms with Crippen molar-refractivity contribution in [2.75, 3.05) is 0 Å². The molecular formula is C39H46IrN3O2Si-. The fourth-order valence-corrected chi connectivity index (χ4v) is 8.09. The van der Waals surface area contributed by atoms with Crippen molar-refractivity contribution >= 4 is 68.3 Å². The zero-order valence-corrected chi connectivity index (χ0v) is 31.8. The maximum atomic E-state index is 11.7. The zero-order valence-electron chi connectivity index (χ0n) is 28.4. The number of fused-ring (bicyclic) bond motifs is 8. The first-order valence-electron chi connectivity index (χ1n) is 16.4. The minimum atomic E-state index is -1.61. The molecule has 6 aromatic rings. The number of carbonyl (C=O) groups is 1. The van der Waals surface area contributed by atoms with Crippen LogP contribution >= 0.6 is 0 Å². The third-order valence-corrected chi connectivity index (χ3v) is 11.0. The number of hydrogen-bond acceptors (Lipinski definition) is 4. The van der Waals surface area contributed by atoms with E-state index in [4.69, 9.17) is 9.97 Å². The second-order valence-corrected chi connectivity index (χ2v) is 18.1. The van der Waals surface area contributed by atoms with Gasteiger partial charge in [0.15, 0.2) is 5.78 Å². The minimum Gasteiger partial charge on any atom is -0.512 e. The van der Waals surface area contributed by atoms with Crippen molar-refractivity contribution < 1.29 is 30.0 Å². The first kappa shape index (κ1) is 35.5. The number of benzene rings is 3. The Morgan fingerprint density at radius 2 is 1.50 bits per heavy atom. The molecule has 6 rings (SSSR count). The smallest absolute Gasteiger partial charge is 0.162 e. The number of ketones is 1. The van der Waals surface area contributed by atoms with Crippen molar-refractivity contribution in [1.82, 2.24) is 14.4 Å². The van der Waals surface area contributed by atoms with Crippen LogP contribution in [0.15, 0.2) is 72.5 Å². The SMILES string of the molecule is CCC(CC)C(=O)/C=C(\O)C(CC)CC.Cc1c([Si](C)(C)C)nc2c3cc4ccccc4nc3c3[c-]c4ccccc4cc3n12.[Ir]. The van der Waals surface area contributed by atoms with Gasteiger partial charge in [-0.05, 0) is 55.6 Å². The molecular weight excluding hydrogens is 763 g/mol. The second-order valence-electron chi connectivity index (χ2n) is 13.1. The van der Waals surface area contributed by atoms with Crippen LogP contribution in [-0.2, 0) is 24.9 Å². The number of imidazole rings is 1. The van der Waals surface area contributed by atoms with Gasteiger partial charge in [-0.3, -0.25) is 9.78 Å². The first-order valence-corrected chi connectivity index (χ1v) is 19.9. The van der Waals surface area contributed by atoms with E-state index >= 15 is 0 Å². The summed E-state index contributed by atoms with van der Waals surface area (Å²) < 4.78 is 2.34. The Labute approximate surface area is 287 Å². The number of nitrogens with zero attached hydrogens (tertiary/aromatic N) is 3. The van der Waals surface area contributed by atoms with Gasteiger partial charge in [0.05, 0.1) is 11.3 Å². The van der Waals surface area contributed by atoms with Gasteiger partial charge in [0.2, 0.25) is 0 Å². The van der Waals surface area contributed by atoms with Gasteiger partial charge in [0.1, 0.15) is 13.7 Å². The molecule has 0 spiro atoms. The molecule has 0 bridgehead atoms. The fraction of sp³-hybridized carbons (Fsp3) is 0.359. The molecule has 0 aliphatic rings. The van der Waals surface area contributed by atoms with E-state index in [1.165, 1.54) is 22.5 Å². The van der Waals surface area contributed by atoms with Crippen LogP contribution in [0, 0.1) is 24.8 Å². The number of aromatic nitrogens is 3. The summed E-state index contributed by atoms with van der Waals surface area (Å²) in [4.78, 5) is 22.0. The van der Waals surface area contributed by atoms with E-state index in [0.29, 0.717) is 0 Å². The second kappa shape index (κ2) is 14.6. The van der Waals surface area contributed by atoms with Gasteiger partial charge in [-0.25, -0.2) is 4.98 Å². The van der Waals surface area contributed by atoms with Crippen LogP contribution in [-0.4, -0.2) is 33.3 Å². The third-order valence-electron chi connectivity index (χ3n) is 9.11. The van der Waals surface area contributed by atoms with Crippen LogP contribution in [0.2, 0.25) is 19.6 Å². The van der Waals surface area contributed by atoms with Crippen LogP contribution in [0.25, 0.3) is 49.1 Å². The molecule has 1 radical (unpaired) electrons. The fourth-order valence-electron chi connectivity index (χ4n) is 6.46. The topological polar surface area (TPSA) is 67.5 Å². The molecule has 7 heteroatoms. The third kappa shape index (κ3) is 6.83. The number of aliphatic hydroxyl groups excluding tert-OH is 1. The number of rotatable bonds is 8. The van der Waals surface area contributed by atoms with Gasteiger partial charge in [-0.1, -0.05) is 101 Å². The molecule has 0 fully saturated rings. The Hall–Kier alpha value is -3.38. The van der Waals surface area contributed by atoms with Crippen molar-refractivity contribution in [3.8, 4) is 0 Å². The number of pyridine rings is 2. The van der Waals surface area contributed by atoms with Crippen LogP contribution in [0.1, 0.15) is 59.1 Å². The molecule has 0 amide bonds. The maximum absolute atomic E-state index is 11.7. The van der Waals surface area contributed by atoms with Gasteiger partial charge in [0, 0.05) is 59.9 Å². The van der Waals surface area contributed by atoms with Crippen molar-refractivity contribution in [3.63, 3.8) is 0 Å². The van der Waals surface area contributed by atoms with Gasteiger partial charge < -0.3 is 9.51 Å². The molecule has 0 unspecified atom stereocenters. The van der Waals surface area contributed by atoms with Crippen LogP contribution in [0.5, 0.6) is 0 Å². The summed E-state index contributed by atoms with van der Waals surface area (Å²) in [7, 11) is -1.61. The maximum Gasteiger partial charge on any atom is 0.162 e. The number of aliphatic hydroxyl groups is 1. The van der Waals surface area contributed by atoms with E-state index in [1.807, 2.05) is 33.8 Å². The molecule has 5 nitrogen and oxygen atoms in total. The molecule has 0 aliphatic heterocycles. The van der Waals surface area contributed by atoms with Crippen LogP contribution in [0.4, 0.5) is 0 Å². The van der Waals surface area contributed by atoms with Gasteiger partial charge >= 0.3 is 0 Å². The normalized spacial score (nSPS) is 12.3. The monoisotopic (exact) mass is 809 g/mol. The summed E-state index contributed by atoms with van der Waals surface area (Å²) in [5, 5.41) is 16.6. The standard InChI is InChI=1S/C26H22N3Si.C13H24O2.Ir/c1-16-26(30(2,3)4)28-25-21-14-19-11-7-8-12-22(19)27-24(21)20-13-17-9-5-6-10-18(17)15-23(20)29(16)25;1-5-10(6-2)12(14)9-13(15)11(7-3)8-4;/h5-12,14-15H,1-4H3;9-11,14H,5-8H2,1-4H3;/q-1;;/b;12-9-;. The van der Waals surface area contributed by atoms with Gasteiger partial charge in [0.25, 0.3) is 0 Å². The number of aryl methyl sites for hydroxylation is 1. The average molecular weight is 809 g/mol. The van der Waals surface area contributed by atoms with E-state index in [-0.39, 0.29) is 43.5 Å². The Morgan fingerprint density at radius 1 is 0.891 bits per heavy atom. The first-order chi connectivity index (χ1) is 21.5. The summed E-state index contributed by atoms with van der Waals surface area (Å²) in [5.74, 6) is 0.547. The van der Waals surface area contributed by atoms with Gasteiger partial charge in [-0.15, -0.1) is 17.5 Å². The Balaban J connectivity index is 0.000000259. The summed E-state index contributed by atoms with van der Waals surface area (Å²) in [6, 6.07) is 25.0. The number of hydrogen-bond donors (Lipinski definition) is 1. The van der Waals surface area contributed by atoms with E-state index in [2.05, 4.69) is 91.6 Å². The molecule has 0 saturated heterocycles. The predicted octanol–water partition coefficient (Wildman–Crippen LogP) is 9.86. The summed E-state index contributed by atoms with van der Waals surface area (Å²) in [5.41, 5.74) is 5.37. The van der Waals surface area contributed by atoms with Crippen molar-refractivity contribution in [2.45, 2.75) is 79.9 Å². The average Bonchev–Trinajstić information content (AvgIpc) is 3.39. The van der Waals surface area contributed by atoms with Gasteiger partial charge in [-0.2, -0.15) is 0 Å². The number of para-hydroxylation sites is 1. The van der Waals surface area contributed by atoms with Crippen LogP contribution < -0.4 is 5.32 Å². The largest absolute Gasteiger partial charge is 0.512 e. The molecule has 3 heterocycles. The summed E-state index contributed by atoms with van der Waals surface area (Å²) in [6.07, 6.45) is 4.91. The Bertz CT molecular complexity index is 2050. The van der Waals surface area contributed by atoms with E-state index in [0.717, 1.165) is 69.4 Å². The zero-order chi connectivity index (χ0) is 32.5. The Kier molecular flexibility index (Phi) is 11.2. The molecule has 243 valence electrons. The number of allylic oxidation sites excluding steroid dienone is 2. The predicted molar refractivity (Wildman–Crippen MR) is 193 cm³/mol. The molecule has 0 saturated carbocycles. The molecule has 3 aromatic carbocycles. The number of carbonyl (C=O) groups excluding carboxylic acids is 1. The van der Waals surface area contributed by atoms with Crippen molar-refractivity contribution in [3.05, 3.63) is 84.3 Å². The Morgan fingerprint density at radius 3 is 2.13 bits per heavy atom. The van der Waals surface area contributed by atoms with Crippen molar-refractivity contribution in [2.24, 2.45) is 11.8 Å². The van der Waals surface area contributed by atoms with E-state index < -0.39 is 8.07 Å². The molecule has 0 atom stereocenters. The molecule has 3 aromatic heterocycles. The van der Waals surface area contributed by atoms with Crippen LogP contribution in [0.3, 0.4) is 0 Å². The molecule has 46 heavy (non-hydrogen) atoms. The van der Waals surface area contributed by atoms with E-state index in [1.54, 1.807) is 0 Å². The molecule has 0 aliphatic carbocycles. The van der Waals surface area contributed by atoms with E-state index in [9.17, 15) is 9.90 Å².